The van der Waals surface area contributed by atoms with Crippen LogP contribution in [0.15, 0.2) is 28.7 Å². The van der Waals surface area contributed by atoms with Crippen LogP contribution in [-0.2, 0) is 20.4 Å². The average Bonchev–Trinajstić information content (AvgIpc) is 3.04. The molecule has 1 N–H and O–H groups in total. The van der Waals surface area contributed by atoms with Crippen LogP contribution in [0.4, 0.5) is 0 Å². The summed E-state index contributed by atoms with van der Waals surface area (Å²) in [5, 5.41) is 2.75. The smallest absolute Gasteiger partial charge is 0.235 e. The van der Waals surface area contributed by atoms with E-state index in [1.807, 2.05) is 31.2 Å². The van der Waals surface area contributed by atoms with Gasteiger partial charge in [0.2, 0.25) is 11.8 Å². The van der Waals surface area contributed by atoms with E-state index in [4.69, 9.17) is 4.42 Å². The Kier molecular flexibility index (Phi) is 8.11. The first-order chi connectivity index (χ1) is 15.1. The zero-order valence-corrected chi connectivity index (χ0v) is 20.4. The van der Waals surface area contributed by atoms with E-state index in [0.29, 0.717) is 35.7 Å². The molecule has 0 unspecified atom stereocenters. The van der Waals surface area contributed by atoms with Crippen LogP contribution in [0.25, 0.3) is 11.5 Å². The molecule has 2 heterocycles. The minimum atomic E-state index is -3.65. The second-order valence-electron chi connectivity index (χ2n) is 9.28. The number of aromatic nitrogens is 1. The lowest BCUT2D eigenvalue weighted by Crippen LogP contribution is -2.40. The number of likely N-dealkylation sites (tertiary alicyclic amines) is 1. The highest BCUT2D eigenvalue weighted by atomic mass is 32.2. The number of nitrogens with one attached hydrogen (secondary N) is 1. The van der Waals surface area contributed by atoms with Crippen molar-refractivity contribution in [1.29, 1.82) is 0 Å². The largest absolute Gasteiger partial charge is 0.441 e. The number of amides is 1. The van der Waals surface area contributed by atoms with Crippen molar-refractivity contribution in [2.75, 3.05) is 31.9 Å². The molecule has 176 valence electrons. The minimum Gasteiger partial charge on any atom is -0.441 e. The lowest BCUT2D eigenvalue weighted by molar-refractivity contribution is -0.118. The third-order valence-corrected chi connectivity index (χ3v) is 7.31. The number of rotatable bonds is 9. The van der Waals surface area contributed by atoms with Crippen LogP contribution in [0.5, 0.6) is 0 Å². The molecule has 1 aliphatic rings. The zero-order chi connectivity index (χ0) is 23.3. The molecule has 1 amide bonds. The predicted octanol–water partition coefficient (Wildman–Crippen LogP) is 3.36. The predicted molar refractivity (Wildman–Crippen MR) is 126 cm³/mol. The molecular formula is C24H35N3O4S. The van der Waals surface area contributed by atoms with E-state index in [1.165, 1.54) is 6.42 Å². The van der Waals surface area contributed by atoms with Crippen molar-refractivity contribution in [1.82, 2.24) is 15.2 Å². The first kappa shape index (κ1) is 24.5. The van der Waals surface area contributed by atoms with Crippen LogP contribution in [0.3, 0.4) is 0 Å². The molecule has 1 aromatic carbocycles. The van der Waals surface area contributed by atoms with Crippen molar-refractivity contribution in [2.24, 2.45) is 11.8 Å². The van der Waals surface area contributed by atoms with Gasteiger partial charge in [-0.3, -0.25) is 4.79 Å². The van der Waals surface area contributed by atoms with Gasteiger partial charge in [0, 0.05) is 25.2 Å². The van der Waals surface area contributed by atoms with E-state index < -0.39 is 21.5 Å². The Balaban J connectivity index is 1.48. The quantitative estimate of drug-likeness (QED) is 0.576. The summed E-state index contributed by atoms with van der Waals surface area (Å²) in [4.78, 5) is 19.0. The fourth-order valence-corrected chi connectivity index (χ4v) is 5.79. The number of hydrogen-bond acceptors (Lipinski definition) is 6. The van der Waals surface area contributed by atoms with Gasteiger partial charge in [0.1, 0.15) is 11.5 Å². The number of carbonyl (C=O) groups excluding carboxylic acids is 1. The molecule has 0 spiro atoms. The number of oxazole rings is 1. The standard InChI is InChI=1S/C24H35N3O4S/c1-17-12-18(2)14-27(13-17)11-7-10-25-23(28)16-32(29,30)15-22-20(4)31-24(26-22)21-9-6-5-8-19(21)3/h5-6,8-9,17-18H,7,10-16H2,1-4H3,(H,25,28)/t17-,18+. The van der Waals surface area contributed by atoms with Crippen LogP contribution in [0.1, 0.15) is 43.7 Å². The van der Waals surface area contributed by atoms with Crippen molar-refractivity contribution >= 4 is 15.7 Å². The first-order valence-corrected chi connectivity index (χ1v) is 13.2. The molecule has 1 aliphatic heterocycles. The summed E-state index contributed by atoms with van der Waals surface area (Å²) in [6.45, 7) is 11.8. The fraction of sp³-hybridized carbons (Fsp3) is 0.583. The van der Waals surface area contributed by atoms with Crippen molar-refractivity contribution in [3.8, 4) is 11.5 Å². The van der Waals surface area contributed by atoms with Gasteiger partial charge in [0.25, 0.3) is 0 Å². The zero-order valence-electron chi connectivity index (χ0n) is 19.6. The van der Waals surface area contributed by atoms with Gasteiger partial charge in [-0.2, -0.15) is 0 Å². The maximum atomic E-state index is 12.6. The van der Waals surface area contributed by atoms with Gasteiger partial charge in [0.05, 0.1) is 11.4 Å². The molecule has 0 bridgehead atoms. The van der Waals surface area contributed by atoms with Crippen LogP contribution < -0.4 is 5.32 Å². The van der Waals surface area contributed by atoms with Crippen molar-refractivity contribution in [2.45, 2.75) is 46.3 Å². The summed E-state index contributed by atoms with van der Waals surface area (Å²) in [5.41, 5.74) is 2.18. The number of nitrogens with zero attached hydrogens (tertiary/aromatic N) is 2. The summed E-state index contributed by atoms with van der Waals surface area (Å²) in [6, 6.07) is 7.64. The van der Waals surface area contributed by atoms with Crippen molar-refractivity contribution in [3.05, 3.63) is 41.3 Å². The fourth-order valence-electron chi connectivity index (χ4n) is 4.51. The minimum absolute atomic E-state index is 0.314. The molecule has 7 nitrogen and oxygen atoms in total. The molecule has 0 aliphatic carbocycles. The van der Waals surface area contributed by atoms with E-state index in [1.54, 1.807) is 6.92 Å². The highest BCUT2D eigenvalue weighted by molar-refractivity contribution is 7.91. The van der Waals surface area contributed by atoms with Gasteiger partial charge in [-0.05, 0) is 56.7 Å². The maximum Gasteiger partial charge on any atom is 0.235 e. The lowest BCUT2D eigenvalue weighted by atomic mass is 9.92. The summed E-state index contributed by atoms with van der Waals surface area (Å²) >= 11 is 0. The normalized spacial score (nSPS) is 19.8. The average molecular weight is 462 g/mol. The molecule has 32 heavy (non-hydrogen) atoms. The molecule has 1 fully saturated rings. The number of piperidine rings is 1. The van der Waals surface area contributed by atoms with Gasteiger partial charge in [-0.15, -0.1) is 0 Å². The van der Waals surface area contributed by atoms with Gasteiger partial charge >= 0.3 is 0 Å². The molecule has 1 saturated heterocycles. The first-order valence-electron chi connectivity index (χ1n) is 11.3. The van der Waals surface area contributed by atoms with Gasteiger partial charge in [-0.1, -0.05) is 32.0 Å². The van der Waals surface area contributed by atoms with Crippen molar-refractivity contribution in [3.63, 3.8) is 0 Å². The SMILES string of the molecule is Cc1ccccc1-c1nc(CS(=O)(=O)CC(=O)NCCCN2C[C@H](C)C[C@H](C)C2)c(C)o1. The summed E-state index contributed by atoms with van der Waals surface area (Å²) < 4.78 is 30.9. The highest BCUT2D eigenvalue weighted by Crippen LogP contribution is 2.25. The number of aryl methyl sites for hydroxylation is 2. The van der Waals surface area contributed by atoms with E-state index in [9.17, 15) is 13.2 Å². The number of carbonyl (C=O) groups is 1. The third-order valence-electron chi connectivity index (χ3n) is 5.89. The molecule has 2 aromatic rings. The number of hydrogen-bond donors (Lipinski definition) is 1. The van der Waals surface area contributed by atoms with Gasteiger partial charge in [-0.25, -0.2) is 13.4 Å². The molecule has 8 heteroatoms. The Morgan fingerprint density at radius 3 is 2.56 bits per heavy atom. The van der Waals surface area contributed by atoms with Crippen LogP contribution in [-0.4, -0.2) is 56.1 Å². The maximum absolute atomic E-state index is 12.6. The molecule has 3 rings (SSSR count). The molecular weight excluding hydrogens is 426 g/mol. The van der Waals surface area contributed by atoms with Gasteiger partial charge < -0.3 is 14.6 Å². The van der Waals surface area contributed by atoms with Crippen LogP contribution in [0, 0.1) is 25.7 Å². The monoisotopic (exact) mass is 461 g/mol. The van der Waals surface area contributed by atoms with E-state index in [-0.39, 0.29) is 5.75 Å². The summed E-state index contributed by atoms with van der Waals surface area (Å²) in [7, 11) is -3.65. The second kappa shape index (κ2) is 10.6. The van der Waals surface area contributed by atoms with E-state index in [0.717, 1.165) is 37.2 Å². The Bertz CT molecular complexity index is 1020. The number of sulfone groups is 1. The Morgan fingerprint density at radius 1 is 1.19 bits per heavy atom. The second-order valence-corrected chi connectivity index (χ2v) is 11.3. The molecule has 1 aromatic heterocycles. The third kappa shape index (κ3) is 6.90. The Hall–Kier alpha value is -2.19. The molecule has 0 saturated carbocycles. The topological polar surface area (TPSA) is 92.5 Å². The highest BCUT2D eigenvalue weighted by Gasteiger charge is 2.23. The number of benzene rings is 1. The van der Waals surface area contributed by atoms with E-state index >= 15 is 0 Å². The summed E-state index contributed by atoms with van der Waals surface area (Å²) in [6.07, 6.45) is 2.08. The Morgan fingerprint density at radius 2 is 1.88 bits per heavy atom. The van der Waals surface area contributed by atoms with Crippen LogP contribution in [0.2, 0.25) is 0 Å². The van der Waals surface area contributed by atoms with Crippen LogP contribution >= 0.6 is 0 Å². The molecule has 2 atom stereocenters. The van der Waals surface area contributed by atoms with Crippen molar-refractivity contribution < 1.29 is 17.6 Å². The lowest BCUT2D eigenvalue weighted by Gasteiger charge is -2.34. The summed E-state index contributed by atoms with van der Waals surface area (Å²) in [5.74, 6) is 0.927. The Labute approximate surface area is 191 Å². The molecule has 0 radical (unpaired) electrons. The van der Waals surface area contributed by atoms with Gasteiger partial charge in [0.15, 0.2) is 9.84 Å². The van der Waals surface area contributed by atoms with E-state index in [2.05, 4.69) is 29.0 Å².